The largest absolute Gasteiger partial charge is 0.360 e. The molecule has 18 heavy (non-hydrogen) atoms. The summed E-state index contributed by atoms with van der Waals surface area (Å²) in [6, 6.07) is 6.47. The third-order valence-corrected chi connectivity index (χ3v) is 2.53. The van der Waals surface area contributed by atoms with Crippen molar-refractivity contribution in [3.8, 4) is 0 Å². The third kappa shape index (κ3) is 2.79. The van der Waals surface area contributed by atoms with Crippen LogP contribution in [0.4, 0.5) is 5.69 Å². The van der Waals surface area contributed by atoms with Gasteiger partial charge in [-0.15, -0.1) is 0 Å². The van der Waals surface area contributed by atoms with Crippen LogP contribution in [0.1, 0.15) is 16.1 Å². The first kappa shape index (κ1) is 12.4. The van der Waals surface area contributed by atoms with Gasteiger partial charge in [0.25, 0.3) is 5.91 Å². The van der Waals surface area contributed by atoms with E-state index in [0.29, 0.717) is 22.0 Å². The predicted molar refractivity (Wildman–Crippen MR) is 66.9 cm³/mol. The number of hydrogen-bond donors (Lipinski definition) is 3. The minimum Gasteiger partial charge on any atom is -0.360 e. The number of nitrogens with one attached hydrogen (secondary N) is 2. The molecule has 2 aromatic rings. The van der Waals surface area contributed by atoms with Crippen molar-refractivity contribution in [3.05, 3.63) is 46.8 Å². The second kappa shape index (κ2) is 5.52. The van der Waals surface area contributed by atoms with Gasteiger partial charge < -0.3 is 15.3 Å². The minimum absolute atomic E-state index is 0.245. The van der Waals surface area contributed by atoms with E-state index >= 15 is 0 Å². The fourth-order valence-electron chi connectivity index (χ4n) is 1.43. The Hall–Kier alpha value is -2.05. The van der Waals surface area contributed by atoms with Gasteiger partial charge in [-0.25, -0.2) is 0 Å². The zero-order valence-corrected chi connectivity index (χ0v) is 10.1. The third-order valence-electron chi connectivity index (χ3n) is 2.30. The number of amides is 1. The van der Waals surface area contributed by atoms with Gasteiger partial charge in [-0.05, 0) is 18.2 Å². The van der Waals surface area contributed by atoms with E-state index in [-0.39, 0.29) is 12.5 Å². The van der Waals surface area contributed by atoms with Gasteiger partial charge in [0.1, 0.15) is 0 Å². The summed E-state index contributed by atoms with van der Waals surface area (Å²) < 4.78 is 4.87. The molecule has 6 nitrogen and oxygen atoms in total. The lowest BCUT2D eigenvalue weighted by atomic mass is 10.1. The normalized spacial score (nSPS) is 10.1. The molecule has 0 fully saturated rings. The van der Waals surface area contributed by atoms with E-state index in [9.17, 15) is 4.79 Å². The van der Waals surface area contributed by atoms with Crippen LogP contribution in [-0.2, 0) is 6.54 Å². The summed E-state index contributed by atoms with van der Waals surface area (Å²) in [6.45, 7) is 0.245. The Morgan fingerprint density at radius 1 is 1.44 bits per heavy atom. The van der Waals surface area contributed by atoms with Crippen LogP contribution >= 0.6 is 11.6 Å². The number of hydrazine groups is 1. The first-order valence-corrected chi connectivity index (χ1v) is 5.52. The number of nitrogens with zero attached hydrogens (tertiary/aromatic N) is 1. The second-order valence-electron chi connectivity index (χ2n) is 3.50. The fourth-order valence-corrected chi connectivity index (χ4v) is 1.60. The first-order chi connectivity index (χ1) is 8.70. The Kier molecular flexibility index (Phi) is 3.81. The molecule has 0 aliphatic rings. The minimum atomic E-state index is -0.304. The molecule has 0 spiro atoms. The SMILES string of the molecule is NNc1ccc(Cl)cc1C(=O)NCc1ccno1. The topological polar surface area (TPSA) is 93.2 Å². The highest BCUT2D eigenvalue weighted by Gasteiger charge is 2.12. The lowest BCUT2D eigenvalue weighted by Gasteiger charge is -2.09. The highest BCUT2D eigenvalue weighted by atomic mass is 35.5. The summed E-state index contributed by atoms with van der Waals surface area (Å²) >= 11 is 5.84. The highest BCUT2D eigenvalue weighted by Crippen LogP contribution is 2.19. The van der Waals surface area contributed by atoms with Gasteiger partial charge in [-0.2, -0.15) is 0 Å². The molecule has 4 N–H and O–H groups in total. The predicted octanol–water partition coefficient (Wildman–Crippen LogP) is 1.54. The number of benzene rings is 1. The Labute approximate surface area is 108 Å². The van der Waals surface area contributed by atoms with Crippen LogP contribution in [-0.4, -0.2) is 11.1 Å². The number of hydrogen-bond acceptors (Lipinski definition) is 5. The number of rotatable bonds is 4. The molecular formula is C11H11ClN4O2. The fraction of sp³-hybridized carbons (Fsp3) is 0.0909. The van der Waals surface area contributed by atoms with E-state index in [4.69, 9.17) is 22.0 Å². The molecule has 1 aromatic heterocycles. The molecule has 1 aromatic carbocycles. The van der Waals surface area contributed by atoms with E-state index in [2.05, 4.69) is 15.9 Å². The quantitative estimate of drug-likeness (QED) is 0.577. The molecule has 0 saturated heterocycles. The van der Waals surface area contributed by atoms with Crippen LogP contribution in [0.2, 0.25) is 5.02 Å². The van der Waals surface area contributed by atoms with Gasteiger partial charge in [-0.3, -0.25) is 10.6 Å². The van der Waals surface area contributed by atoms with E-state index in [1.54, 1.807) is 18.2 Å². The van der Waals surface area contributed by atoms with E-state index in [1.807, 2.05) is 0 Å². The van der Waals surface area contributed by atoms with Crippen molar-refractivity contribution in [1.82, 2.24) is 10.5 Å². The molecule has 0 unspecified atom stereocenters. The standard InChI is InChI=1S/C11H11ClN4O2/c12-7-1-2-10(16-13)9(5-7)11(17)14-6-8-3-4-15-18-8/h1-5,16H,6,13H2,(H,14,17). The zero-order valence-electron chi connectivity index (χ0n) is 9.31. The summed E-state index contributed by atoms with van der Waals surface area (Å²) in [4.78, 5) is 11.9. The number of nitrogen functional groups attached to an aromatic ring is 1. The first-order valence-electron chi connectivity index (χ1n) is 5.14. The van der Waals surface area contributed by atoms with Crippen LogP contribution in [0.15, 0.2) is 35.0 Å². The molecule has 1 heterocycles. The van der Waals surface area contributed by atoms with E-state index < -0.39 is 0 Å². The molecule has 0 bridgehead atoms. The highest BCUT2D eigenvalue weighted by molar-refractivity contribution is 6.31. The molecule has 1 amide bonds. The number of carbonyl (C=O) groups is 1. The number of anilines is 1. The Balaban J connectivity index is 2.10. The van der Waals surface area contributed by atoms with Crippen molar-refractivity contribution < 1.29 is 9.32 Å². The van der Waals surface area contributed by atoms with Crippen molar-refractivity contribution in [2.75, 3.05) is 5.43 Å². The lowest BCUT2D eigenvalue weighted by molar-refractivity contribution is 0.0948. The Morgan fingerprint density at radius 2 is 2.28 bits per heavy atom. The van der Waals surface area contributed by atoms with E-state index in [1.165, 1.54) is 12.3 Å². The smallest absolute Gasteiger partial charge is 0.253 e. The Morgan fingerprint density at radius 3 is 2.94 bits per heavy atom. The number of halogens is 1. The lowest BCUT2D eigenvalue weighted by Crippen LogP contribution is -2.24. The molecule has 7 heteroatoms. The summed E-state index contributed by atoms with van der Waals surface area (Å²) in [5.41, 5.74) is 3.30. The number of aromatic nitrogens is 1. The van der Waals surface area contributed by atoms with Crippen LogP contribution in [0.3, 0.4) is 0 Å². The van der Waals surface area contributed by atoms with Crippen LogP contribution in [0, 0.1) is 0 Å². The molecule has 2 rings (SSSR count). The molecule has 0 aliphatic carbocycles. The average Bonchev–Trinajstić information content (AvgIpc) is 2.89. The van der Waals surface area contributed by atoms with Crippen LogP contribution < -0.4 is 16.6 Å². The Bertz CT molecular complexity index is 542. The summed E-state index contributed by atoms with van der Waals surface area (Å²) in [5, 5.41) is 6.67. The van der Waals surface area contributed by atoms with Gasteiger partial charge in [0.2, 0.25) is 0 Å². The van der Waals surface area contributed by atoms with Gasteiger partial charge in [0, 0.05) is 11.1 Å². The molecule has 0 atom stereocenters. The van der Waals surface area contributed by atoms with Crippen LogP contribution in [0.25, 0.3) is 0 Å². The maximum absolute atomic E-state index is 11.9. The van der Waals surface area contributed by atoms with Gasteiger partial charge >= 0.3 is 0 Å². The summed E-state index contributed by atoms with van der Waals surface area (Å²) in [6.07, 6.45) is 1.51. The number of carbonyl (C=O) groups excluding carboxylic acids is 1. The number of nitrogens with two attached hydrogens (primary N) is 1. The molecular weight excluding hydrogens is 256 g/mol. The molecule has 0 aliphatic heterocycles. The van der Waals surface area contributed by atoms with Crippen LogP contribution in [0.5, 0.6) is 0 Å². The molecule has 94 valence electrons. The van der Waals surface area contributed by atoms with Gasteiger partial charge in [-0.1, -0.05) is 16.8 Å². The average molecular weight is 267 g/mol. The van der Waals surface area contributed by atoms with Gasteiger partial charge in [0.05, 0.1) is 24.0 Å². The molecule has 0 saturated carbocycles. The van der Waals surface area contributed by atoms with Gasteiger partial charge in [0.15, 0.2) is 5.76 Å². The van der Waals surface area contributed by atoms with Crippen molar-refractivity contribution >= 4 is 23.2 Å². The zero-order chi connectivity index (χ0) is 13.0. The maximum atomic E-state index is 11.9. The maximum Gasteiger partial charge on any atom is 0.253 e. The molecule has 0 radical (unpaired) electrons. The van der Waals surface area contributed by atoms with Crippen molar-refractivity contribution in [2.24, 2.45) is 5.84 Å². The van der Waals surface area contributed by atoms with Crippen molar-refractivity contribution in [1.29, 1.82) is 0 Å². The monoisotopic (exact) mass is 266 g/mol. The van der Waals surface area contributed by atoms with Crippen molar-refractivity contribution in [3.63, 3.8) is 0 Å². The summed E-state index contributed by atoms with van der Waals surface area (Å²) in [5.74, 6) is 5.59. The second-order valence-corrected chi connectivity index (χ2v) is 3.93. The summed E-state index contributed by atoms with van der Waals surface area (Å²) in [7, 11) is 0. The van der Waals surface area contributed by atoms with E-state index in [0.717, 1.165) is 0 Å². The van der Waals surface area contributed by atoms with Crippen molar-refractivity contribution in [2.45, 2.75) is 6.54 Å².